The predicted octanol–water partition coefficient (Wildman–Crippen LogP) is 4.52. The molecular weight excluding hydrogens is 645 g/mol. The second-order valence-electron chi connectivity index (χ2n) is 9.13. The van der Waals surface area contributed by atoms with Gasteiger partial charge in [0.2, 0.25) is 16.5 Å². The van der Waals surface area contributed by atoms with E-state index in [0.717, 1.165) is 34.3 Å². The molecule has 0 saturated heterocycles. The summed E-state index contributed by atoms with van der Waals surface area (Å²) in [5, 5.41) is 8.52. The monoisotopic (exact) mass is 666 g/mol. The average Bonchev–Trinajstić information content (AvgIpc) is 3.55. The van der Waals surface area contributed by atoms with Gasteiger partial charge < -0.3 is 13.7 Å². The number of fused-ring (bicyclic) bond motifs is 1. The van der Waals surface area contributed by atoms with Crippen LogP contribution in [0, 0.1) is 0 Å². The topological polar surface area (TPSA) is 159 Å². The minimum absolute atomic E-state index is 0.0792. The molecule has 0 saturated carbocycles. The Kier molecular flexibility index (Phi) is 9.08. The summed E-state index contributed by atoms with van der Waals surface area (Å²) in [4.78, 5) is 6.70. The molecule has 2 unspecified atom stereocenters. The summed E-state index contributed by atoms with van der Waals surface area (Å²) in [5.41, 5.74) is 6.00. The van der Waals surface area contributed by atoms with Gasteiger partial charge in [0.25, 0.3) is 0 Å². The number of sulfone groups is 1. The molecule has 11 nitrogen and oxygen atoms in total. The first-order chi connectivity index (χ1) is 20.0. The quantitative estimate of drug-likeness (QED) is 0.151. The highest BCUT2D eigenvalue weighted by Crippen LogP contribution is 2.47. The van der Waals surface area contributed by atoms with Gasteiger partial charge in [0.05, 0.1) is 23.4 Å². The first-order valence-corrected chi connectivity index (χ1v) is 16.6. The largest absolute Gasteiger partial charge is 0.759 e. The van der Waals surface area contributed by atoms with Crippen molar-refractivity contribution in [1.29, 1.82) is 0 Å². The Bertz CT molecular complexity index is 1860. The summed E-state index contributed by atoms with van der Waals surface area (Å²) in [6.07, 6.45) is 1.03. The minimum atomic E-state index is -4.17. The van der Waals surface area contributed by atoms with Crippen molar-refractivity contribution in [2.24, 2.45) is 0 Å². The number of methoxy groups -OCH3 is 1. The summed E-state index contributed by atoms with van der Waals surface area (Å²) in [5.74, 6) is -0.388. The Balaban J connectivity index is 1.68. The van der Waals surface area contributed by atoms with Crippen molar-refractivity contribution in [3.05, 3.63) is 98.6 Å². The zero-order valence-corrected chi connectivity index (χ0v) is 25.9. The number of aromatic nitrogens is 3. The van der Waals surface area contributed by atoms with Gasteiger partial charge in [0.15, 0.2) is 9.84 Å². The van der Waals surface area contributed by atoms with Gasteiger partial charge in [0.1, 0.15) is 5.01 Å². The van der Waals surface area contributed by atoms with Crippen LogP contribution in [0.4, 0.5) is 0 Å². The van der Waals surface area contributed by atoms with E-state index in [-0.39, 0.29) is 38.9 Å². The molecular formula is C26H22Cl2N5O6S3-. The van der Waals surface area contributed by atoms with E-state index in [1.54, 1.807) is 7.11 Å². The van der Waals surface area contributed by atoms with E-state index in [1.807, 2.05) is 47.3 Å². The smallest absolute Gasteiger partial charge is 0.249 e. The number of hydrazine groups is 1. The van der Waals surface area contributed by atoms with Crippen LogP contribution in [0.25, 0.3) is 21.3 Å². The maximum atomic E-state index is 13.9. The van der Waals surface area contributed by atoms with Crippen molar-refractivity contribution in [2.45, 2.75) is 17.9 Å². The van der Waals surface area contributed by atoms with Crippen molar-refractivity contribution in [3.8, 4) is 11.1 Å². The molecule has 0 aliphatic rings. The third kappa shape index (κ3) is 6.13. The molecule has 16 heteroatoms. The predicted molar refractivity (Wildman–Crippen MR) is 160 cm³/mol. The number of ether oxygens (including phenoxy) is 1. The van der Waals surface area contributed by atoms with Gasteiger partial charge in [-0.1, -0.05) is 53.5 Å². The molecule has 0 radical (unpaired) electrons. The third-order valence-electron chi connectivity index (χ3n) is 6.28. The van der Waals surface area contributed by atoms with E-state index in [0.29, 0.717) is 16.8 Å². The number of hydrogen-bond donors (Lipinski definition) is 2. The molecule has 0 aliphatic carbocycles. The van der Waals surface area contributed by atoms with E-state index in [1.165, 1.54) is 18.2 Å². The Morgan fingerprint density at radius 3 is 2.38 bits per heavy atom. The molecule has 5 rings (SSSR count). The number of benzene rings is 3. The van der Waals surface area contributed by atoms with E-state index in [4.69, 9.17) is 37.3 Å². The van der Waals surface area contributed by atoms with E-state index in [2.05, 4.69) is 15.6 Å². The molecule has 220 valence electrons. The highest BCUT2D eigenvalue weighted by Gasteiger charge is 2.54. The van der Waals surface area contributed by atoms with Crippen molar-refractivity contribution in [3.63, 3.8) is 0 Å². The molecule has 0 fully saturated rings. The number of thiazole rings is 1. The summed E-state index contributed by atoms with van der Waals surface area (Å²) in [7, 11) is -2.53. The highest BCUT2D eigenvalue weighted by molar-refractivity contribution is 7.92. The molecule has 3 aromatic carbocycles. The van der Waals surface area contributed by atoms with Crippen LogP contribution in [-0.2, 0) is 43.7 Å². The fraction of sp³-hybridized carbons (Fsp3) is 0.192. The van der Waals surface area contributed by atoms with E-state index in [9.17, 15) is 17.2 Å². The first kappa shape index (κ1) is 30.7. The molecule has 0 aliphatic heterocycles. The van der Waals surface area contributed by atoms with Crippen LogP contribution >= 0.6 is 34.5 Å². The lowest BCUT2D eigenvalue weighted by atomic mass is 9.98. The molecule has 2 N–H and O–H groups in total. The van der Waals surface area contributed by atoms with E-state index < -0.39 is 25.9 Å². The maximum Gasteiger partial charge on any atom is 0.249 e. The molecule has 0 bridgehead atoms. The lowest BCUT2D eigenvalue weighted by Crippen LogP contribution is -2.38. The number of nitrogens with zero attached hydrogens (tertiary/aromatic N) is 3. The molecule has 2 atom stereocenters. The summed E-state index contributed by atoms with van der Waals surface area (Å²) < 4.78 is 59.0. The Hall–Kier alpha value is -2.79. The second kappa shape index (κ2) is 12.4. The maximum absolute atomic E-state index is 13.9. The van der Waals surface area contributed by atoms with Gasteiger partial charge in [0, 0.05) is 34.7 Å². The molecule has 42 heavy (non-hydrogen) atoms. The highest BCUT2D eigenvalue weighted by atomic mass is 35.5. The Morgan fingerprint density at radius 1 is 1.05 bits per heavy atom. The van der Waals surface area contributed by atoms with Crippen LogP contribution in [0.2, 0.25) is 10.0 Å². The lowest BCUT2D eigenvalue weighted by Gasteiger charge is -2.27. The van der Waals surface area contributed by atoms with Gasteiger partial charge in [-0.05, 0) is 52.6 Å². The van der Waals surface area contributed by atoms with Crippen LogP contribution in [0.15, 0.2) is 65.1 Å². The van der Waals surface area contributed by atoms with Crippen molar-refractivity contribution >= 4 is 65.9 Å². The molecule has 5 aromatic rings. The fourth-order valence-corrected chi connectivity index (χ4v) is 8.19. The zero-order chi connectivity index (χ0) is 30.1. The van der Waals surface area contributed by atoms with Gasteiger partial charge in [-0.2, -0.15) is 4.83 Å². The third-order valence-corrected chi connectivity index (χ3v) is 10.0. The van der Waals surface area contributed by atoms with Crippen molar-refractivity contribution in [1.82, 2.24) is 25.4 Å². The van der Waals surface area contributed by atoms with Crippen molar-refractivity contribution in [2.75, 3.05) is 13.4 Å². The summed E-state index contributed by atoms with van der Waals surface area (Å²) >= 11 is 11.2. The Morgan fingerprint density at radius 2 is 1.74 bits per heavy atom. The van der Waals surface area contributed by atoms with Crippen LogP contribution in [-0.4, -0.2) is 45.7 Å². The molecule has 0 amide bonds. The van der Waals surface area contributed by atoms with Gasteiger partial charge in [-0.25, -0.2) is 18.8 Å². The fourth-order valence-electron chi connectivity index (χ4n) is 4.48. The van der Waals surface area contributed by atoms with Crippen LogP contribution in [0.5, 0.6) is 0 Å². The first-order valence-electron chi connectivity index (χ1n) is 12.1. The lowest BCUT2D eigenvalue weighted by molar-refractivity contribution is 0.185. The van der Waals surface area contributed by atoms with E-state index >= 15 is 0 Å². The standard InChI is InChI=1S/C26H23Cl2N5O6S3/c1-38-14-15-3-5-16(6-4-15)17-7-8-21-22(9-17)40-25(30-21)26(42(2,36)37,18-10-19(27)12-20(28)11-18)24-32-31-23(39-24)13-29-33-41(34)35/h3-12,29,33H,13-14H2,1-2H3,(H,34,35)/p-1. The van der Waals surface area contributed by atoms with Crippen LogP contribution in [0.1, 0.15) is 27.9 Å². The van der Waals surface area contributed by atoms with Gasteiger partial charge in [-0.15, -0.1) is 21.5 Å². The van der Waals surface area contributed by atoms with Crippen molar-refractivity contribution < 1.29 is 26.3 Å². The average molecular weight is 668 g/mol. The molecule has 2 aromatic heterocycles. The molecule has 2 heterocycles. The van der Waals surface area contributed by atoms with Crippen LogP contribution < -0.4 is 10.3 Å². The zero-order valence-electron chi connectivity index (χ0n) is 22.0. The number of rotatable bonds is 11. The molecule has 0 spiro atoms. The Labute approximate surface area is 257 Å². The number of halogens is 2. The summed E-state index contributed by atoms with van der Waals surface area (Å²) in [6.45, 7) is 0.282. The summed E-state index contributed by atoms with van der Waals surface area (Å²) in [6, 6.07) is 17.9. The number of nitrogens with one attached hydrogen (secondary N) is 2. The second-order valence-corrected chi connectivity index (χ2v) is 13.9. The number of hydrogen-bond acceptors (Lipinski definition) is 11. The van der Waals surface area contributed by atoms with Gasteiger partial charge >= 0.3 is 0 Å². The van der Waals surface area contributed by atoms with Crippen LogP contribution in [0.3, 0.4) is 0 Å². The van der Waals surface area contributed by atoms with Gasteiger partial charge in [-0.3, -0.25) is 4.21 Å². The normalized spacial score (nSPS) is 14.2. The minimum Gasteiger partial charge on any atom is -0.759 e. The SMILES string of the molecule is COCc1ccc(-c2ccc3nc(C(c4cc(Cl)cc(Cl)c4)(c4nnc(CNNS(=O)[O-])o4)S(C)(=O)=O)sc3c2)cc1.